The summed E-state index contributed by atoms with van der Waals surface area (Å²) in [5.74, 6) is 0.983. The maximum absolute atomic E-state index is 5.63. The highest BCUT2D eigenvalue weighted by Crippen LogP contribution is 2.31. The maximum Gasteiger partial charge on any atom is 0.124 e. The molecule has 2 heterocycles. The minimum Gasteiger partial charge on any atom is -0.491 e. The Balaban J connectivity index is 1.66. The van der Waals surface area contributed by atoms with Crippen LogP contribution in [0.4, 0.5) is 0 Å². The summed E-state index contributed by atoms with van der Waals surface area (Å²) in [5.41, 5.74) is 2.37. The molecule has 0 bridgehead atoms. The highest BCUT2D eigenvalue weighted by Gasteiger charge is 2.22. The first kappa shape index (κ1) is 11.0. The van der Waals surface area contributed by atoms with E-state index in [4.69, 9.17) is 4.74 Å². The van der Waals surface area contributed by atoms with Crippen LogP contribution >= 0.6 is 0 Å². The van der Waals surface area contributed by atoms with Crippen LogP contribution in [-0.2, 0) is 6.54 Å². The summed E-state index contributed by atoms with van der Waals surface area (Å²) >= 11 is 0. The van der Waals surface area contributed by atoms with E-state index in [9.17, 15) is 0 Å². The van der Waals surface area contributed by atoms with Gasteiger partial charge in [-0.2, -0.15) is 5.10 Å². The zero-order valence-electron chi connectivity index (χ0n) is 10.0. The maximum atomic E-state index is 5.63. The molecule has 0 saturated carbocycles. The highest BCUT2D eigenvalue weighted by atomic mass is 16.5. The first-order valence-electron chi connectivity index (χ1n) is 5.97. The smallest absolute Gasteiger partial charge is 0.124 e. The SMILES string of the molecule is C=Cn1cc(CNC2COc3ccccc32)cn1. The van der Waals surface area contributed by atoms with Gasteiger partial charge in [-0.15, -0.1) is 0 Å². The second kappa shape index (κ2) is 4.66. The van der Waals surface area contributed by atoms with Gasteiger partial charge < -0.3 is 10.1 Å². The predicted octanol–water partition coefficient (Wildman–Crippen LogP) is 2.21. The van der Waals surface area contributed by atoms with Crippen LogP contribution in [0.5, 0.6) is 5.75 Å². The molecule has 4 heteroatoms. The molecule has 0 fully saturated rings. The Kier molecular flexibility index (Phi) is 2.86. The molecule has 0 saturated heterocycles. The topological polar surface area (TPSA) is 39.1 Å². The lowest BCUT2D eigenvalue weighted by Crippen LogP contribution is -2.21. The molecule has 18 heavy (non-hydrogen) atoms. The van der Waals surface area contributed by atoms with E-state index < -0.39 is 0 Å². The summed E-state index contributed by atoms with van der Waals surface area (Å²) in [6.07, 6.45) is 5.48. The number of nitrogens with one attached hydrogen (secondary N) is 1. The van der Waals surface area contributed by atoms with E-state index in [-0.39, 0.29) is 6.04 Å². The Morgan fingerprint density at radius 1 is 1.50 bits per heavy atom. The largest absolute Gasteiger partial charge is 0.491 e. The molecular formula is C14H15N3O. The Morgan fingerprint density at radius 3 is 3.22 bits per heavy atom. The van der Waals surface area contributed by atoms with Crippen LogP contribution in [0.15, 0.2) is 43.2 Å². The molecule has 0 spiro atoms. The van der Waals surface area contributed by atoms with E-state index in [1.807, 2.05) is 30.6 Å². The van der Waals surface area contributed by atoms with Crippen LogP contribution in [0.1, 0.15) is 17.2 Å². The van der Waals surface area contributed by atoms with Gasteiger partial charge in [0.1, 0.15) is 12.4 Å². The van der Waals surface area contributed by atoms with Crippen LogP contribution in [0.3, 0.4) is 0 Å². The third-order valence-corrected chi connectivity index (χ3v) is 3.09. The van der Waals surface area contributed by atoms with Crippen molar-refractivity contribution in [1.29, 1.82) is 0 Å². The zero-order valence-corrected chi connectivity index (χ0v) is 10.0. The molecule has 1 aromatic heterocycles. The molecule has 1 aliphatic heterocycles. The van der Waals surface area contributed by atoms with E-state index in [0.717, 1.165) is 17.9 Å². The third-order valence-electron chi connectivity index (χ3n) is 3.09. The van der Waals surface area contributed by atoms with Crippen LogP contribution in [0.25, 0.3) is 6.20 Å². The highest BCUT2D eigenvalue weighted by molar-refractivity contribution is 5.39. The van der Waals surface area contributed by atoms with Gasteiger partial charge in [-0.3, -0.25) is 0 Å². The number of aromatic nitrogens is 2. The number of benzene rings is 1. The summed E-state index contributed by atoms with van der Waals surface area (Å²) in [7, 11) is 0. The Bertz CT molecular complexity index is 562. The van der Waals surface area contributed by atoms with Gasteiger partial charge in [0.25, 0.3) is 0 Å². The lowest BCUT2D eigenvalue weighted by Gasteiger charge is -2.10. The predicted molar refractivity (Wildman–Crippen MR) is 70.1 cm³/mol. The van der Waals surface area contributed by atoms with Gasteiger partial charge in [-0.1, -0.05) is 24.8 Å². The molecule has 1 aromatic carbocycles. The molecule has 92 valence electrons. The first-order valence-corrected chi connectivity index (χ1v) is 5.97. The van der Waals surface area contributed by atoms with Crippen molar-refractivity contribution < 1.29 is 4.74 Å². The second-order valence-corrected chi connectivity index (χ2v) is 4.29. The molecular weight excluding hydrogens is 226 g/mol. The molecule has 0 amide bonds. The second-order valence-electron chi connectivity index (χ2n) is 4.29. The number of ether oxygens (including phenoxy) is 1. The molecule has 0 radical (unpaired) electrons. The van der Waals surface area contributed by atoms with E-state index in [1.54, 1.807) is 10.9 Å². The van der Waals surface area contributed by atoms with E-state index >= 15 is 0 Å². The molecule has 1 unspecified atom stereocenters. The van der Waals surface area contributed by atoms with Gasteiger partial charge in [0.2, 0.25) is 0 Å². The van der Waals surface area contributed by atoms with Crippen molar-refractivity contribution in [3.63, 3.8) is 0 Å². The molecule has 1 N–H and O–H groups in total. The average Bonchev–Trinajstić information content (AvgIpc) is 3.03. The quantitative estimate of drug-likeness (QED) is 0.892. The molecule has 4 nitrogen and oxygen atoms in total. The Morgan fingerprint density at radius 2 is 2.39 bits per heavy atom. The van der Waals surface area contributed by atoms with Crippen LogP contribution < -0.4 is 10.1 Å². The van der Waals surface area contributed by atoms with E-state index in [0.29, 0.717) is 6.61 Å². The average molecular weight is 241 g/mol. The Labute approximate surface area is 106 Å². The number of fused-ring (bicyclic) bond motifs is 1. The summed E-state index contributed by atoms with van der Waals surface area (Å²) in [6.45, 7) is 5.14. The number of rotatable bonds is 4. The fourth-order valence-electron chi connectivity index (χ4n) is 2.14. The molecule has 3 rings (SSSR count). The minimum atomic E-state index is 0.258. The van der Waals surface area contributed by atoms with Crippen molar-refractivity contribution in [1.82, 2.24) is 15.1 Å². The monoisotopic (exact) mass is 241 g/mol. The van der Waals surface area contributed by atoms with Gasteiger partial charge in [0.05, 0.1) is 12.2 Å². The fraction of sp³-hybridized carbons (Fsp3) is 0.214. The zero-order chi connectivity index (χ0) is 12.4. The van der Waals surface area contributed by atoms with Gasteiger partial charge in [0, 0.05) is 30.1 Å². The number of hydrogen-bond donors (Lipinski definition) is 1. The summed E-state index contributed by atoms with van der Waals surface area (Å²) in [6, 6.07) is 8.40. The normalized spacial score (nSPS) is 17.2. The Hall–Kier alpha value is -2.07. The number of hydrogen-bond acceptors (Lipinski definition) is 3. The van der Waals surface area contributed by atoms with Crippen molar-refractivity contribution in [3.05, 3.63) is 54.4 Å². The standard InChI is InChI=1S/C14H15N3O/c1-2-17-9-11(8-16-17)7-15-13-10-18-14-6-4-3-5-12(13)14/h2-6,8-9,13,15H,1,7,10H2. The first-order chi connectivity index (χ1) is 8.86. The van der Waals surface area contributed by atoms with Gasteiger partial charge in [-0.25, -0.2) is 4.68 Å². The third kappa shape index (κ3) is 2.02. The van der Waals surface area contributed by atoms with Crippen LogP contribution in [-0.4, -0.2) is 16.4 Å². The van der Waals surface area contributed by atoms with E-state index in [2.05, 4.69) is 23.1 Å². The van der Waals surface area contributed by atoms with Crippen molar-refractivity contribution in [2.45, 2.75) is 12.6 Å². The molecule has 1 aliphatic rings. The van der Waals surface area contributed by atoms with Crippen LogP contribution in [0, 0.1) is 0 Å². The van der Waals surface area contributed by atoms with Crippen molar-refractivity contribution >= 4 is 6.20 Å². The van der Waals surface area contributed by atoms with Gasteiger partial charge in [-0.05, 0) is 6.07 Å². The van der Waals surface area contributed by atoms with Crippen molar-refractivity contribution in [3.8, 4) is 5.75 Å². The molecule has 1 atom stereocenters. The van der Waals surface area contributed by atoms with Gasteiger partial charge in [0.15, 0.2) is 0 Å². The fourth-order valence-corrected chi connectivity index (χ4v) is 2.14. The van der Waals surface area contributed by atoms with Crippen molar-refractivity contribution in [2.24, 2.45) is 0 Å². The number of nitrogens with zero attached hydrogens (tertiary/aromatic N) is 2. The summed E-state index contributed by atoms with van der Waals surface area (Å²) in [4.78, 5) is 0. The number of para-hydroxylation sites is 1. The molecule has 0 aliphatic carbocycles. The minimum absolute atomic E-state index is 0.258. The van der Waals surface area contributed by atoms with Crippen LogP contribution in [0.2, 0.25) is 0 Å². The van der Waals surface area contributed by atoms with Crippen molar-refractivity contribution in [2.75, 3.05) is 6.61 Å². The van der Waals surface area contributed by atoms with E-state index in [1.165, 1.54) is 5.56 Å². The van der Waals surface area contributed by atoms with Gasteiger partial charge >= 0.3 is 0 Å². The molecule has 2 aromatic rings. The lowest BCUT2D eigenvalue weighted by atomic mass is 10.1. The summed E-state index contributed by atoms with van der Waals surface area (Å²) < 4.78 is 7.33. The summed E-state index contributed by atoms with van der Waals surface area (Å²) in [5, 5.41) is 7.63. The lowest BCUT2D eigenvalue weighted by molar-refractivity contribution is 0.310.